The summed E-state index contributed by atoms with van der Waals surface area (Å²) in [6.45, 7) is 4.46. The van der Waals surface area contributed by atoms with E-state index in [4.69, 9.17) is 4.74 Å². The fourth-order valence-electron chi connectivity index (χ4n) is 1.82. The molecule has 25 heavy (non-hydrogen) atoms. The van der Waals surface area contributed by atoms with Gasteiger partial charge in [0.25, 0.3) is 0 Å². The van der Waals surface area contributed by atoms with E-state index in [2.05, 4.69) is 8.92 Å². The minimum Gasteiger partial charge on any atom is -0.467 e. The average molecular weight is 389 g/mol. The molecule has 0 fully saturated rings. The van der Waals surface area contributed by atoms with Crippen molar-refractivity contribution in [2.75, 3.05) is 13.7 Å². The number of carbonyl (C=O) groups is 2. The van der Waals surface area contributed by atoms with Crippen LogP contribution in [-0.4, -0.2) is 56.2 Å². The highest BCUT2D eigenvalue weighted by Crippen LogP contribution is 2.29. The maximum Gasteiger partial charge on any atom is 0.534 e. The molecule has 0 aromatic heterocycles. The SMILES string of the molecule is COC(=O)C1C=C(OS(=O)(=O)C(F)(F)F)CCN1C(=O)OC(C)(C)C. The smallest absolute Gasteiger partial charge is 0.467 e. The number of carbonyl (C=O) groups excluding carboxylic acids is 2. The monoisotopic (exact) mass is 389 g/mol. The lowest BCUT2D eigenvalue weighted by molar-refractivity contribution is -0.145. The molecule has 1 atom stereocenters. The third kappa shape index (κ3) is 5.51. The Hall–Kier alpha value is -1.98. The van der Waals surface area contributed by atoms with Crippen LogP contribution in [0.5, 0.6) is 0 Å². The summed E-state index contributed by atoms with van der Waals surface area (Å²) in [5.41, 5.74) is -6.49. The van der Waals surface area contributed by atoms with Crippen LogP contribution in [0.1, 0.15) is 27.2 Å². The van der Waals surface area contributed by atoms with Crippen molar-refractivity contribution in [2.45, 2.75) is 44.3 Å². The number of ether oxygens (including phenoxy) is 2. The van der Waals surface area contributed by atoms with Gasteiger partial charge in [-0.3, -0.25) is 4.90 Å². The van der Waals surface area contributed by atoms with Crippen LogP contribution in [0, 0.1) is 0 Å². The number of rotatable bonds is 3. The molecule has 1 aliphatic rings. The molecule has 0 saturated carbocycles. The molecule has 0 bridgehead atoms. The second-order valence-electron chi connectivity index (χ2n) is 6.01. The number of hydrogen-bond donors (Lipinski definition) is 0. The van der Waals surface area contributed by atoms with E-state index in [9.17, 15) is 31.2 Å². The summed E-state index contributed by atoms with van der Waals surface area (Å²) in [6, 6.07) is -1.48. The van der Waals surface area contributed by atoms with Crippen molar-refractivity contribution in [3.8, 4) is 0 Å². The first-order valence-electron chi connectivity index (χ1n) is 6.97. The minimum absolute atomic E-state index is 0.298. The van der Waals surface area contributed by atoms with Crippen LogP contribution in [0.4, 0.5) is 18.0 Å². The predicted molar refractivity (Wildman–Crippen MR) is 77.5 cm³/mol. The molecule has 1 unspecified atom stereocenters. The normalized spacial score (nSPS) is 19.1. The molecule has 0 aromatic carbocycles. The molecule has 12 heteroatoms. The van der Waals surface area contributed by atoms with E-state index in [1.54, 1.807) is 20.8 Å². The zero-order valence-electron chi connectivity index (χ0n) is 13.9. The van der Waals surface area contributed by atoms with Gasteiger partial charge in [-0.1, -0.05) is 0 Å². The molecule has 0 aromatic rings. The van der Waals surface area contributed by atoms with Crippen molar-refractivity contribution < 1.29 is 44.8 Å². The Balaban J connectivity index is 3.09. The van der Waals surface area contributed by atoms with E-state index in [1.165, 1.54) is 0 Å². The Morgan fingerprint density at radius 1 is 1.24 bits per heavy atom. The van der Waals surface area contributed by atoms with E-state index in [1.807, 2.05) is 0 Å². The highest BCUT2D eigenvalue weighted by Gasteiger charge is 2.49. The molecule has 0 N–H and O–H groups in total. The van der Waals surface area contributed by atoms with Crippen LogP contribution in [0.3, 0.4) is 0 Å². The second kappa shape index (κ2) is 7.10. The maximum absolute atomic E-state index is 12.4. The lowest BCUT2D eigenvalue weighted by Crippen LogP contribution is -2.49. The first-order chi connectivity index (χ1) is 11.2. The van der Waals surface area contributed by atoms with Crippen molar-refractivity contribution >= 4 is 22.2 Å². The number of halogens is 3. The van der Waals surface area contributed by atoms with Gasteiger partial charge in [0.05, 0.1) is 7.11 Å². The Kier molecular flexibility index (Phi) is 5.98. The molecular weight excluding hydrogens is 371 g/mol. The maximum atomic E-state index is 12.4. The number of methoxy groups -OCH3 is 1. The van der Waals surface area contributed by atoms with Gasteiger partial charge in [-0.2, -0.15) is 21.6 Å². The molecule has 1 heterocycles. The van der Waals surface area contributed by atoms with Crippen molar-refractivity contribution in [2.24, 2.45) is 0 Å². The van der Waals surface area contributed by atoms with Crippen molar-refractivity contribution in [1.82, 2.24) is 4.90 Å². The molecule has 1 aliphatic heterocycles. The van der Waals surface area contributed by atoms with Crippen molar-refractivity contribution in [1.29, 1.82) is 0 Å². The van der Waals surface area contributed by atoms with Gasteiger partial charge in [0.1, 0.15) is 11.4 Å². The number of nitrogens with zero attached hydrogens (tertiary/aromatic N) is 1. The molecule has 1 amide bonds. The lowest BCUT2D eigenvalue weighted by Gasteiger charge is -2.33. The molecule has 0 aliphatic carbocycles. The summed E-state index contributed by atoms with van der Waals surface area (Å²) < 4.78 is 72.9. The standard InChI is InChI=1S/C13H18F3NO7S/c1-12(2,3)23-11(19)17-6-5-8(7-9(17)10(18)22-4)24-25(20,21)13(14,15)16/h7,9H,5-6H2,1-4H3. The largest absolute Gasteiger partial charge is 0.534 e. The van der Waals surface area contributed by atoms with Gasteiger partial charge in [-0.15, -0.1) is 0 Å². The van der Waals surface area contributed by atoms with Crippen LogP contribution in [0.2, 0.25) is 0 Å². The summed E-state index contributed by atoms with van der Waals surface area (Å²) in [6.07, 6.45) is -0.484. The molecular formula is C13H18F3NO7S. The number of amides is 1. The zero-order chi connectivity index (χ0) is 19.6. The Morgan fingerprint density at radius 2 is 1.80 bits per heavy atom. The van der Waals surface area contributed by atoms with Crippen LogP contribution < -0.4 is 0 Å². The zero-order valence-corrected chi connectivity index (χ0v) is 14.7. The average Bonchev–Trinajstić information content (AvgIpc) is 2.42. The number of hydrogen-bond acceptors (Lipinski definition) is 7. The van der Waals surface area contributed by atoms with E-state index < -0.39 is 45.1 Å². The summed E-state index contributed by atoms with van der Waals surface area (Å²) in [4.78, 5) is 24.8. The summed E-state index contributed by atoms with van der Waals surface area (Å²) in [7, 11) is -4.87. The van der Waals surface area contributed by atoms with Crippen molar-refractivity contribution in [3.63, 3.8) is 0 Å². The lowest BCUT2D eigenvalue weighted by atomic mass is 10.1. The van der Waals surface area contributed by atoms with E-state index in [-0.39, 0.29) is 13.0 Å². The topological polar surface area (TPSA) is 99.2 Å². The molecule has 0 radical (unpaired) electrons. The van der Waals surface area contributed by atoms with Crippen LogP contribution in [0.25, 0.3) is 0 Å². The van der Waals surface area contributed by atoms with Gasteiger partial charge in [-0.25, -0.2) is 9.59 Å². The van der Waals surface area contributed by atoms with Gasteiger partial charge in [0.2, 0.25) is 0 Å². The Morgan fingerprint density at radius 3 is 2.24 bits per heavy atom. The fourth-order valence-corrected chi connectivity index (χ4v) is 2.33. The van der Waals surface area contributed by atoms with Gasteiger partial charge in [-0.05, 0) is 26.8 Å². The van der Waals surface area contributed by atoms with Crippen LogP contribution in [-0.2, 0) is 28.6 Å². The van der Waals surface area contributed by atoms with Crippen molar-refractivity contribution in [3.05, 3.63) is 11.8 Å². The summed E-state index contributed by atoms with van der Waals surface area (Å²) in [5.74, 6) is -1.61. The summed E-state index contributed by atoms with van der Waals surface area (Å²) in [5, 5.41) is 0. The fraction of sp³-hybridized carbons (Fsp3) is 0.692. The first-order valence-corrected chi connectivity index (χ1v) is 8.37. The third-order valence-electron chi connectivity index (χ3n) is 2.85. The second-order valence-corrected chi connectivity index (χ2v) is 7.55. The van der Waals surface area contributed by atoms with Gasteiger partial charge in [0, 0.05) is 13.0 Å². The van der Waals surface area contributed by atoms with E-state index in [0.29, 0.717) is 0 Å². The number of alkyl halides is 3. The van der Waals surface area contributed by atoms with Crippen LogP contribution >= 0.6 is 0 Å². The summed E-state index contributed by atoms with van der Waals surface area (Å²) >= 11 is 0. The van der Waals surface area contributed by atoms with Crippen LogP contribution in [0.15, 0.2) is 11.8 Å². The Bertz CT molecular complexity index is 664. The molecule has 0 saturated heterocycles. The highest BCUT2D eigenvalue weighted by atomic mass is 32.2. The van der Waals surface area contributed by atoms with Gasteiger partial charge < -0.3 is 13.7 Å². The molecule has 8 nitrogen and oxygen atoms in total. The third-order valence-corrected chi connectivity index (χ3v) is 3.85. The van der Waals surface area contributed by atoms with E-state index >= 15 is 0 Å². The molecule has 1 rings (SSSR count). The first kappa shape index (κ1) is 21.1. The quantitative estimate of drug-likeness (QED) is 0.413. The Labute approximate surface area is 142 Å². The highest BCUT2D eigenvalue weighted by molar-refractivity contribution is 7.87. The minimum atomic E-state index is -5.87. The number of esters is 1. The van der Waals surface area contributed by atoms with Gasteiger partial charge in [0.15, 0.2) is 6.04 Å². The molecule has 144 valence electrons. The van der Waals surface area contributed by atoms with E-state index in [0.717, 1.165) is 18.1 Å². The molecule has 0 spiro atoms. The van der Waals surface area contributed by atoms with Gasteiger partial charge >= 0.3 is 27.7 Å². The predicted octanol–water partition coefficient (Wildman–Crippen LogP) is 1.92.